The van der Waals surface area contributed by atoms with Gasteiger partial charge in [0.1, 0.15) is 11.3 Å². The molecule has 2 aromatic heterocycles. The molecule has 0 fully saturated rings. The molecule has 0 spiro atoms. The molecule has 5 aromatic rings. The molecule has 1 amide bonds. The number of benzene rings is 3. The highest BCUT2D eigenvalue weighted by Gasteiger charge is 2.45. The topological polar surface area (TPSA) is 72.6 Å². The zero-order chi connectivity index (χ0) is 24.4. The summed E-state index contributed by atoms with van der Waals surface area (Å²) in [6.07, 6.45) is 0. The minimum atomic E-state index is -0.661. The molecule has 6 rings (SSSR count). The highest BCUT2D eigenvalue weighted by molar-refractivity contribution is 7.22. The number of fused-ring (bicyclic) bond motifs is 3. The highest BCUT2D eigenvalue weighted by atomic mass is 32.1. The van der Waals surface area contributed by atoms with E-state index in [0.29, 0.717) is 27.4 Å². The first-order valence-corrected chi connectivity index (χ1v) is 12.1. The van der Waals surface area contributed by atoms with Crippen molar-refractivity contribution in [2.45, 2.75) is 26.8 Å². The fraction of sp³-hybridized carbons (Fsp3) is 0.179. The lowest BCUT2D eigenvalue weighted by molar-refractivity contribution is 0.0971. The number of methoxy groups -OCH3 is 1. The van der Waals surface area contributed by atoms with Crippen LogP contribution in [0.2, 0.25) is 0 Å². The quantitative estimate of drug-likeness (QED) is 0.311. The largest absolute Gasteiger partial charge is 0.497 e. The van der Waals surface area contributed by atoms with Gasteiger partial charge in [-0.1, -0.05) is 41.2 Å². The number of nitrogens with zero attached hydrogens (tertiary/aromatic N) is 2. The van der Waals surface area contributed by atoms with Gasteiger partial charge in [-0.3, -0.25) is 14.5 Å². The number of rotatable bonds is 3. The van der Waals surface area contributed by atoms with Gasteiger partial charge >= 0.3 is 0 Å². The molecule has 0 radical (unpaired) electrons. The molecule has 35 heavy (non-hydrogen) atoms. The summed E-state index contributed by atoms with van der Waals surface area (Å²) < 4.78 is 12.4. The summed E-state index contributed by atoms with van der Waals surface area (Å²) in [5.41, 5.74) is 5.30. The normalized spacial score (nSPS) is 15.3. The summed E-state index contributed by atoms with van der Waals surface area (Å²) in [5.74, 6) is 0.394. The molecule has 1 atom stereocenters. The number of hydrogen-bond acceptors (Lipinski definition) is 6. The van der Waals surface area contributed by atoms with Gasteiger partial charge in [-0.15, -0.1) is 0 Å². The number of hydrogen-bond donors (Lipinski definition) is 0. The van der Waals surface area contributed by atoms with Crippen molar-refractivity contribution in [2.75, 3.05) is 12.0 Å². The number of ether oxygens (including phenoxy) is 1. The number of aromatic nitrogens is 1. The Hall–Kier alpha value is -3.97. The van der Waals surface area contributed by atoms with Gasteiger partial charge in [0, 0.05) is 0 Å². The van der Waals surface area contributed by atoms with Crippen LogP contribution in [0.4, 0.5) is 5.13 Å². The minimum absolute atomic E-state index is 0.0688. The molecule has 0 saturated heterocycles. The third-order valence-electron chi connectivity index (χ3n) is 6.48. The third kappa shape index (κ3) is 3.26. The Bertz CT molecular complexity index is 1720. The van der Waals surface area contributed by atoms with Gasteiger partial charge in [-0.05, 0) is 67.8 Å². The Balaban J connectivity index is 1.63. The Morgan fingerprint density at radius 3 is 2.49 bits per heavy atom. The fourth-order valence-corrected chi connectivity index (χ4v) is 6.02. The fourth-order valence-electron chi connectivity index (χ4n) is 4.85. The molecule has 6 nitrogen and oxygen atoms in total. The summed E-state index contributed by atoms with van der Waals surface area (Å²) in [7, 11) is 1.60. The van der Waals surface area contributed by atoms with E-state index in [2.05, 4.69) is 12.1 Å². The van der Waals surface area contributed by atoms with E-state index in [0.717, 1.165) is 32.5 Å². The predicted molar refractivity (Wildman–Crippen MR) is 138 cm³/mol. The Labute approximate surface area is 205 Å². The monoisotopic (exact) mass is 482 g/mol. The molecule has 7 heteroatoms. The van der Waals surface area contributed by atoms with Crippen LogP contribution in [-0.4, -0.2) is 18.0 Å². The van der Waals surface area contributed by atoms with Gasteiger partial charge in [0.2, 0.25) is 5.76 Å². The Morgan fingerprint density at radius 1 is 0.971 bits per heavy atom. The van der Waals surface area contributed by atoms with E-state index in [4.69, 9.17) is 14.1 Å². The summed E-state index contributed by atoms with van der Waals surface area (Å²) in [6.45, 7) is 5.98. The second kappa shape index (κ2) is 7.78. The van der Waals surface area contributed by atoms with Crippen LogP contribution in [0.15, 0.2) is 63.8 Å². The lowest BCUT2D eigenvalue weighted by atomic mass is 9.98. The van der Waals surface area contributed by atoms with Gasteiger partial charge < -0.3 is 9.15 Å². The van der Waals surface area contributed by atoms with Crippen LogP contribution < -0.4 is 15.1 Å². The van der Waals surface area contributed by atoms with E-state index in [9.17, 15) is 9.59 Å². The van der Waals surface area contributed by atoms with Crippen molar-refractivity contribution in [3.8, 4) is 5.75 Å². The standard InChI is InChI=1S/C28H22N2O4S/c1-14-5-10-20-19(12-14)25(31)22-24(17-6-8-18(33-4)9-7-17)30(27(32)26(22)34-20)28-29-23-16(3)11-15(2)13-21(23)35-28/h5-13,24H,1-4H3/t24-/m0/s1. The second-order valence-electron chi connectivity index (χ2n) is 8.95. The summed E-state index contributed by atoms with van der Waals surface area (Å²) in [4.78, 5) is 34.1. The summed E-state index contributed by atoms with van der Waals surface area (Å²) in [6, 6.07) is 16.3. The Morgan fingerprint density at radius 2 is 1.74 bits per heavy atom. The van der Waals surface area contributed by atoms with Crippen molar-refractivity contribution in [1.82, 2.24) is 4.98 Å². The van der Waals surface area contributed by atoms with Crippen molar-refractivity contribution in [1.29, 1.82) is 0 Å². The van der Waals surface area contributed by atoms with Crippen LogP contribution in [-0.2, 0) is 0 Å². The molecule has 0 unspecified atom stereocenters. The van der Waals surface area contributed by atoms with E-state index in [1.807, 2.05) is 57.2 Å². The first-order valence-electron chi connectivity index (χ1n) is 11.3. The van der Waals surface area contributed by atoms with Crippen LogP contribution in [0, 0.1) is 20.8 Å². The molecule has 1 aliphatic heterocycles. The zero-order valence-electron chi connectivity index (χ0n) is 19.7. The highest BCUT2D eigenvalue weighted by Crippen LogP contribution is 2.44. The van der Waals surface area contributed by atoms with Crippen molar-refractivity contribution >= 4 is 43.6 Å². The molecule has 0 aliphatic carbocycles. The van der Waals surface area contributed by atoms with Crippen molar-refractivity contribution in [3.63, 3.8) is 0 Å². The van der Waals surface area contributed by atoms with E-state index in [1.165, 1.54) is 11.3 Å². The van der Waals surface area contributed by atoms with E-state index < -0.39 is 6.04 Å². The number of thiazole rings is 1. The molecule has 3 heterocycles. The van der Waals surface area contributed by atoms with Crippen LogP contribution in [0.5, 0.6) is 5.75 Å². The third-order valence-corrected chi connectivity index (χ3v) is 7.48. The van der Waals surface area contributed by atoms with E-state index in [1.54, 1.807) is 18.1 Å². The molecule has 1 aliphatic rings. The Kier molecular flexibility index (Phi) is 4.79. The molecule has 0 saturated carbocycles. The zero-order valence-corrected chi connectivity index (χ0v) is 20.5. The van der Waals surface area contributed by atoms with Crippen LogP contribution in [0.25, 0.3) is 21.2 Å². The van der Waals surface area contributed by atoms with E-state index in [-0.39, 0.29) is 17.1 Å². The predicted octanol–water partition coefficient (Wildman–Crippen LogP) is 6.09. The number of aryl methyl sites for hydroxylation is 3. The number of carbonyl (C=O) groups excluding carboxylic acids is 1. The molecule has 174 valence electrons. The lowest BCUT2D eigenvalue weighted by Crippen LogP contribution is -2.29. The van der Waals surface area contributed by atoms with Crippen molar-refractivity contribution in [2.24, 2.45) is 0 Å². The smallest absolute Gasteiger partial charge is 0.297 e. The van der Waals surface area contributed by atoms with Crippen LogP contribution >= 0.6 is 11.3 Å². The SMILES string of the molecule is COc1ccc([C@H]2c3c(oc4ccc(C)cc4c3=O)C(=O)N2c2nc3c(C)cc(C)cc3s2)cc1. The van der Waals surface area contributed by atoms with Gasteiger partial charge in [0.25, 0.3) is 5.91 Å². The summed E-state index contributed by atoms with van der Waals surface area (Å²) >= 11 is 1.44. The first kappa shape index (κ1) is 21.6. The maximum Gasteiger partial charge on any atom is 0.297 e. The lowest BCUT2D eigenvalue weighted by Gasteiger charge is -2.22. The number of amides is 1. The van der Waals surface area contributed by atoms with Gasteiger partial charge in [0.05, 0.1) is 34.3 Å². The molecule has 0 bridgehead atoms. The number of anilines is 1. The molecular formula is C28H22N2O4S. The average Bonchev–Trinajstić information content (AvgIpc) is 3.39. The molecule has 3 aromatic carbocycles. The minimum Gasteiger partial charge on any atom is -0.497 e. The second-order valence-corrected chi connectivity index (χ2v) is 9.96. The van der Waals surface area contributed by atoms with Crippen LogP contribution in [0.1, 0.15) is 44.4 Å². The van der Waals surface area contributed by atoms with Gasteiger partial charge in [-0.2, -0.15) is 0 Å². The van der Waals surface area contributed by atoms with Gasteiger partial charge in [0.15, 0.2) is 10.6 Å². The number of carbonyl (C=O) groups is 1. The van der Waals surface area contributed by atoms with Crippen LogP contribution in [0.3, 0.4) is 0 Å². The van der Waals surface area contributed by atoms with Gasteiger partial charge in [-0.25, -0.2) is 4.98 Å². The summed E-state index contributed by atoms with van der Waals surface area (Å²) in [5, 5.41) is 0.998. The van der Waals surface area contributed by atoms with Crippen molar-refractivity contribution < 1.29 is 13.9 Å². The maximum atomic E-state index is 13.8. The molecule has 0 N–H and O–H groups in total. The van der Waals surface area contributed by atoms with Crippen molar-refractivity contribution in [3.05, 3.63) is 98.4 Å². The average molecular weight is 483 g/mol. The van der Waals surface area contributed by atoms with E-state index >= 15 is 0 Å². The molecular weight excluding hydrogens is 460 g/mol. The first-order chi connectivity index (χ1) is 16.9. The maximum absolute atomic E-state index is 13.8.